The van der Waals surface area contributed by atoms with Crippen molar-refractivity contribution in [2.75, 3.05) is 5.32 Å². The van der Waals surface area contributed by atoms with Gasteiger partial charge in [0.15, 0.2) is 0 Å². The summed E-state index contributed by atoms with van der Waals surface area (Å²) < 4.78 is 5.39. The summed E-state index contributed by atoms with van der Waals surface area (Å²) in [6, 6.07) is 22.8. The minimum absolute atomic E-state index is 0.143. The average Bonchev–Trinajstić information content (AvgIpc) is 3.19. The van der Waals surface area contributed by atoms with Gasteiger partial charge in [0.05, 0.1) is 0 Å². The predicted molar refractivity (Wildman–Crippen MR) is 109 cm³/mol. The molecule has 138 valence electrons. The SMILES string of the molecule is Cc1ccc(-c2noc(-c3ccc(NC(=O)c4cccc(C)c4)cc3)n2)cc1. The van der Waals surface area contributed by atoms with Crippen LogP contribution in [-0.4, -0.2) is 16.0 Å². The molecule has 1 N–H and O–H groups in total. The Kier molecular flexibility index (Phi) is 4.72. The highest BCUT2D eigenvalue weighted by Crippen LogP contribution is 2.24. The van der Waals surface area contributed by atoms with Gasteiger partial charge in [-0.1, -0.05) is 52.7 Å². The van der Waals surface area contributed by atoms with Crippen LogP contribution >= 0.6 is 0 Å². The van der Waals surface area contributed by atoms with Crippen LogP contribution in [0.4, 0.5) is 5.69 Å². The van der Waals surface area contributed by atoms with E-state index in [-0.39, 0.29) is 5.91 Å². The van der Waals surface area contributed by atoms with Crippen LogP contribution in [0, 0.1) is 13.8 Å². The number of carbonyl (C=O) groups is 1. The Morgan fingerprint density at radius 2 is 1.57 bits per heavy atom. The summed E-state index contributed by atoms with van der Waals surface area (Å²) in [6.07, 6.45) is 0. The molecule has 0 aliphatic rings. The molecule has 28 heavy (non-hydrogen) atoms. The van der Waals surface area contributed by atoms with E-state index < -0.39 is 0 Å². The van der Waals surface area contributed by atoms with Crippen molar-refractivity contribution in [3.05, 3.63) is 89.5 Å². The molecule has 0 unspecified atom stereocenters. The number of aryl methyl sites for hydroxylation is 2. The lowest BCUT2D eigenvalue weighted by Gasteiger charge is -2.06. The van der Waals surface area contributed by atoms with Crippen molar-refractivity contribution in [3.63, 3.8) is 0 Å². The van der Waals surface area contributed by atoms with Crippen LogP contribution in [0.5, 0.6) is 0 Å². The topological polar surface area (TPSA) is 68.0 Å². The summed E-state index contributed by atoms with van der Waals surface area (Å²) in [5, 5.41) is 6.95. The van der Waals surface area contributed by atoms with E-state index in [1.807, 2.05) is 80.6 Å². The first-order valence-corrected chi connectivity index (χ1v) is 8.98. The first-order chi connectivity index (χ1) is 13.6. The van der Waals surface area contributed by atoms with Gasteiger partial charge in [0.2, 0.25) is 5.82 Å². The van der Waals surface area contributed by atoms with Crippen LogP contribution in [0.2, 0.25) is 0 Å². The number of anilines is 1. The zero-order valence-corrected chi connectivity index (χ0v) is 15.6. The largest absolute Gasteiger partial charge is 0.334 e. The molecular weight excluding hydrogens is 350 g/mol. The van der Waals surface area contributed by atoms with Crippen LogP contribution in [0.1, 0.15) is 21.5 Å². The fraction of sp³-hybridized carbons (Fsp3) is 0.0870. The maximum absolute atomic E-state index is 12.4. The van der Waals surface area contributed by atoms with E-state index in [0.717, 1.165) is 16.7 Å². The first-order valence-electron chi connectivity index (χ1n) is 8.98. The minimum atomic E-state index is -0.143. The number of aromatic nitrogens is 2. The molecule has 5 nitrogen and oxygen atoms in total. The van der Waals surface area contributed by atoms with Crippen molar-refractivity contribution in [2.24, 2.45) is 0 Å². The van der Waals surface area contributed by atoms with E-state index >= 15 is 0 Å². The Morgan fingerprint density at radius 1 is 0.857 bits per heavy atom. The Hall–Kier alpha value is -3.73. The molecule has 1 aromatic heterocycles. The molecule has 0 saturated heterocycles. The van der Waals surface area contributed by atoms with Gasteiger partial charge < -0.3 is 9.84 Å². The molecule has 1 heterocycles. The monoisotopic (exact) mass is 369 g/mol. The molecular formula is C23H19N3O2. The zero-order valence-electron chi connectivity index (χ0n) is 15.6. The van der Waals surface area contributed by atoms with Crippen LogP contribution in [0.3, 0.4) is 0 Å². The molecule has 4 rings (SSSR count). The van der Waals surface area contributed by atoms with Gasteiger partial charge in [-0.25, -0.2) is 0 Å². The molecule has 0 radical (unpaired) electrons. The first kappa shape index (κ1) is 17.7. The highest BCUT2D eigenvalue weighted by molar-refractivity contribution is 6.04. The number of benzene rings is 3. The van der Waals surface area contributed by atoms with Gasteiger partial charge in [-0.15, -0.1) is 0 Å². The molecule has 0 bridgehead atoms. The lowest BCUT2D eigenvalue weighted by Crippen LogP contribution is -2.11. The number of nitrogens with zero attached hydrogens (tertiary/aromatic N) is 2. The number of hydrogen-bond acceptors (Lipinski definition) is 4. The Morgan fingerprint density at radius 3 is 2.29 bits per heavy atom. The third kappa shape index (κ3) is 3.83. The molecule has 3 aromatic carbocycles. The highest BCUT2D eigenvalue weighted by atomic mass is 16.5. The van der Waals surface area contributed by atoms with Crippen molar-refractivity contribution in [2.45, 2.75) is 13.8 Å². The molecule has 4 aromatic rings. The summed E-state index contributed by atoms with van der Waals surface area (Å²) in [4.78, 5) is 16.8. The van der Waals surface area contributed by atoms with E-state index in [1.54, 1.807) is 6.07 Å². The fourth-order valence-electron chi connectivity index (χ4n) is 2.85. The summed E-state index contributed by atoms with van der Waals surface area (Å²) in [6.45, 7) is 3.99. The number of amides is 1. The maximum Gasteiger partial charge on any atom is 0.258 e. The molecule has 0 aliphatic carbocycles. The normalized spacial score (nSPS) is 10.6. The zero-order chi connectivity index (χ0) is 19.5. The average molecular weight is 369 g/mol. The van der Waals surface area contributed by atoms with Gasteiger partial charge in [0.25, 0.3) is 11.8 Å². The quantitative estimate of drug-likeness (QED) is 0.532. The molecule has 0 fully saturated rings. The second kappa shape index (κ2) is 7.48. The van der Waals surface area contributed by atoms with Crippen LogP contribution in [0.25, 0.3) is 22.8 Å². The van der Waals surface area contributed by atoms with Crippen LogP contribution in [0.15, 0.2) is 77.3 Å². The summed E-state index contributed by atoms with van der Waals surface area (Å²) in [5.74, 6) is 0.842. The van der Waals surface area contributed by atoms with Gasteiger partial charge in [-0.2, -0.15) is 4.98 Å². The van der Waals surface area contributed by atoms with Gasteiger partial charge in [0.1, 0.15) is 0 Å². The third-order valence-corrected chi connectivity index (χ3v) is 4.41. The van der Waals surface area contributed by atoms with E-state index in [2.05, 4.69) is 15.5 Å². The van der Waals surface area contributed by atoms with Crippen molar-refractivity contribution >= 4 is 11.6 Å². The van der Waals surface area contributed by atoms with E-state index in [0.29, 0.717) is 23.0 Å². The summed E-state index contributed by atoms with van der Waals surface area (Å²) in [5.41, 5.74) is 5.25. The number of nitrogens with one attached hydrogen (secondary N) is 1. The lowest BCUT2D eigenvalue weighted by atomic mass is 10.1. The van der Waals surface area contributed by atoms with Gasteiger partial charge in [-0.05, 0) is 50.2 Å². The Balaban J connectivity index is 1.49. The molecule has 0 saturated carbocycles. The molecule has 1 amide bonds. The van der Waals surface area contributed by atoms with E-state index in [4.69, 9.17) is 4.52 Å². The van der Waals surface area contributed by atoms with Gasteiger partial charge in [-0.3, -0.25) is 4.79 Å². The van der Waals surface area contributed by atoms with Crippen molar-refractivity contribution in [1.29, 1.82) is 0 Å². The Bertz CT molecular complexity index is 1110. The van der Waals surface area contributed by atoms with Crippen LogP contribution < -0.4 is 5.32 Å². The summed E-state index contributed by atoms with van der Waals surface area (Å²) in [7, 11) is 0. The lowest BCUT2D eigenvalue weighted by molar-refractivity contribution is 0.102. The number of carbonyl (C=O) groups excluding carboxylic acids is 1. The second-order valence-electron chi connectivity index (χ2n) is 6.69. The molecule has 0 aliphatic heterocycles. The molecule has 0 spiro atoms. The van der Waals surface area contributed by atoms with Gasteiger partial charge in [0, 0.05) is 22.4 Å². The maximum atomic E-state index is 12.4. The minimum Gasteiger partial charge on any atom is -0.334 e. The molecule has 0 atom stereocenters. The highest BCUT2D eigenvalue weighted by Gasteiger charge is 2.11. The smallest absolute Gasteiger partial charge is 0.258 e. The predicted octanol–water partition coefficient (Wildman–Crippen LogP) is 5.27. The molecule has 5 heteroatoms. The van der Waals surface area contributed by atoms with Crippen molar-refractivity contribution in [3.8, 4) is 22.8 Å². The van der Waals surface area contributed by atoms with E-state index in [9.17, 15) is 4.79 Å². The summed E-state index contributed by atoms with van der Waals surface area (Å²) >= 11 is 0. The third-order valence-electron chi connectivity index (χ3n) is 4.41. The second-order valence-corrected chi connectivity index (χ2v) is 6.69. The number of hydrogen-bond donors (Lipinski definition) is 1. The standard InChI is InChI=1S/C23H19N3O2/c1-15-6-8-17(9-7-15)21-25-23(28-26-21)18-10-12-20(13-11-18)24-22(27)19-5-3-4-16(2)14-19/h3-14H,1-2H3,(H,24,27). The number of rotatable bonds is 4. The van der Waals surface area contributed by atoms with Gasteiger partial charge >= 0.3 is 0 Å². The fourth-order valence-corrected chi connectivity index (χ4v) is 2.85. The van der Waals surface area contributed by atoms with Crippen molar-refractivity contribution < 1.29 is 9.32 Å². The Labute approximate surface area is 163 Å². The van der Waals surface area contributed by atoms with E-state index in [1.165, 1.54) is 5.56 Å². The van der Waals surface area contributed by atoms with Crippen molar-refractivity contribution in [1.82, 2.24) is 10.1 Å². The van der Waals surface area contributed by atoms with Crippen LogP contribution in [-0.2, 0) is 0 Å².